The summed E-state index contributed by atoms with van der Waals surface area (Å²) in [5.74, 6) is 2.64. The van der Waals surface area contributed by atoms with Crippen molar-refractivity contribution in [3.8, 4) is 0 Å². The predicted octanol–water partition coefficient (Wildman–Crippen LogP) is 8.91. The van der Waals surface area contributed by atoms with Gasteiger partial charge in [0, 0.05) is 29.8 Å². The van der Waals surface area contributed by atoms with Crippen LogP contribution in [0.25, 0.3) is 12.2 Å². The molecule has 1 saturated heterocycles. The largest absolute Gasteiger partial charge is 0.398 e. The first kappa shape index (κ1) is 29.2. The van der Waals surface area contributed by atoms with E-state index < -0.39 is 0 Å². The molecule has 1 aromatic carbocycles. The van der Waals surface area contributed by atoms with E-state index in [9.17, 15) is 0 Å². The van der Waals surface area contributed by atoms with Gasteiger partial charge >= 0.3 is 5.89 Å². The number of benzene rings is 1. The minimum absolute atomic E-state index is 0.776. The maximum absolute atomic E-state index is 6.28. The molecule has 39 heavy (non-hydrogen) atoms. The van der Waals surface area contributed by atoms with E-state index in [2.05, 4.69) is 105 Å². The number of hydrogen-bond acceptors (Lipinski definition) is 5. The molecule has 0 atom stereocenters. The van der Waals surface area contributed by atoms with Gasteiger partial charge in [-0.3, -0.25) is 0 Å². The molecule has 2 fully saturated rings. The Balaban J connectivity index is 0.000000826. The van der Waals surface area contributed by atoms with E-state index >= 15 is 0 Å². The van der Waals surface area contributed by atoms with Crippen molar-refractivity contribution >= 4 is 41.4 Å². The zero-order valence-corrected chi connectivity index (χ0v) is 26.1. The minimum atomic E-state index is 0.776. The highest BCUT2D eigenvalue weighted by Gasteiger charge is 2.35. The van der Waals surface area contributed by atoms with Crippen LogP contribution >= 0.6 is 23.5 Å². The van der Waals surface area contributed by atoms with Gasteiger partial charge in [-0.1, -0.05) is 75.5 Å². The molecular weight excluding hydrogens is 519 g/mol. The lowest BCUT2D eigenvalue weighted by Gasteiger charge is -2.18. The number of anilines is 1. The van der Waals surface area contributed by atoms with Crippen LogP contribution in [-0.2, 0) is 13.5 Å². The third kappa shape index (κ3) is 6.67. The highest BCUT2D eigenvalue weighted by atomic mass is 32.2. The summed E-state index contributed by atoms with van der Waals surface area (Å²) in [5.41, 5.74) is 5.34. The lowest BCUT2D eigenvalue weighted by Crippen LogP contribution is -2.34. The molecule has 1 saturated carbocycles. The van der Waals surface area contributed by atoms with Crippen LogP contribution in [-0.4, -0.2) is 18.5 Å². The molecule has 1 aromatic heterocycles. The molecule has 3 heterocycles. The van der Waals surface area contributed by atoms with Gasteiger partial charge < -0.3 is 14.2 Å². The zero-order valence-electron chi connectivity index (χ0n) is 24.5. The van der Waals surface area contributed by atoms with Crippen LogP contribution in [0.15, 0.2) is 90.7 Å². The van der Waals surface area contributed by atoms with Crippen LogP contribution in [0.1, 0.15) is 64.8 Å². The standard InChI is InChI=1S/C29H32N3OS2.C4H10/c1-6-11-23-21(8-3)30(4)26(33-23)19-28-32(18-7-2)29(20-14-15-20)25(35-28)16-17-27-31(5)22-12-9-10-13-24(22)34-27;1-4(2)3/h6-7,9-13,16-17,19H,2,8,14-15,18H2,1,3-5H3;4H,1-3H3/q+1;/b11-6-,25-16-,27-17-;. The van der Waals surface area contributed by atoms with E-state index in [0.29, 0.717) is 0 Å². The van der Waals surface area contributed by atoms with E-state index in [1.807, 2.05) is 48.7 Å². The summed E-state index contributed by atoms with van der Waals surface area (Å²) in [6.45, 7) is 15.5. The summed E-state index contributed by atoms with van der Waals surface area (Å²) in [6, 6.07) is 8.58. The lowest BCUT2D eigenvalue weighted by atomic mass is 10.2. The maximum atomic E-state index is 6.28. The van der Waals surface area contributed by atoms with E-state index in [4.69, 9.17) is 4.42 Å². The van der Waals surface area contributed by atoms with Crippen LogP contribution in [0.5, 0.6) is 0 Å². The Bertz CT molecular complexity index is 1360. The molecule has 0 radical (unpaired) electrons. The van der Waals surface area contributed by atoms with Crippen LogP contribution < -0.4 is 9.47 Å². The van der Waals surface area contributed by atoms with Gasteiger partial charge in [0.2, 0.25) is 5.69 Å². The van der Waals surface area contributed by atoms with Gasteiger partial charge in [0.1, 0.15) is 7.05 Å². The Morgan fingerprint density at radius 1 is 1.10 bits per heavy atom. The quantitative estimate of drug-likeness (QED) is 0.259. The number of thioether (sulfide) groups is 2. The molecule has 0 spiro atoms. The topological polar surface area (TPSA) is 23.5 Å². The molecule has 5 rings (SSSR count). The molecule has 2 aliphatic heterocycles. The van der Waals surface area contributed by atoms with E-state index in [-0.39, 0.29) is 0 Å². The highest BCUT2D eigenvalue weighted by molar-refractivity contribution is 8.07. The maximum Gasteiger partial charge on any atom is 0.376 e. The number of allylic oxidation sites excluding steroid dienone is 4. The molecule has 0 N–H and O–H groups in total. The van der Waals surface area contributed by atoms with Crippen molar-refractivity contribution in [3.63, 3.8) is 0 Å². The normalized spacial score (nSPS) is 19.6. The summed E-state index contributed by atoms with van der Waals surface area (Å²) in [4.78, 5) is 7.27. The van der Waals surface area contributed by atoms with Gasteiger partial charge in [0.05, 0.1) is 27.5 Å². The fourth-order valence-corrected chi connectivity index (χ4v) is 6.73. The van der Waals surface area contributed by atoms with Gasteiger partial charge in [0.25, 0.3) is 0 Å². The Kier molecular flexibility index (Phi) is 9.73. The number of oxazole rings is 1. The SMILES string of the molecule is C=CCN1C(=C2CC2)/C(=C/C=C2\Sc3ccccc3N2C)S/C1=C\c1oc(/C=C\C)c(CC)[n+]1C.CC(C)C. The average molecular weight is 561 g/mol. The van der Waals surface area contributed by atoms with Gasteiger partial charge in [-0.15, -0.1) is 6.58 Å². The fraction of sp³-hybridized carbons (Fsp3) is 0.364. The number of aromatic nitrogens is 1. The van der Waals surface area contributed by atoms with E-state index in [1.54, 1.807) is 0 Å². The molecular formula is C33H42N3OS2+. The summed E-state index contributed by atoms with van der Waals surface area (Å²) in [5, 5.41) is 2.42. The molecule has 2 aromatic rings. The van der Waals surface area contributed by atoms with Crippen molar-refractivity contribution in [2.45, 2.75) is 58.8 Å². The lowest BCUT2D eigenvalue weighted by molar-refractivity contribution is -0.683. The Labute approximate surface area is 243 Å². The second-order valence-corrected chi connectivity index (χ2v) is 12.6. The highest BCUT2D eigenvalue weighted by Crippen LogP contribution is 2.51. The minimum Gasteiger partial charge on any atom is -0.398 e. The molecule has 0 unspecified atom stereocenters. The van der Waals surface area contributed by atoms with Crippen LogP contribution in [0, 0.1) is 5.92 Å². The van der Waals surface area contributed by atoms with Gasteiger partial charge in [0.15, 0.2) is 5.76 Å². The Morgan fingerprint density at radius 3 is 2.44 bits per heavy atom. The van der Waals surface area contributed by atoms with Crippen LogP contribution in [0.3, 0.4) is 0 Å². The van der Waals surface area contributed by atoms with Crippen LogP contribution in [0.2, 0.25) is 0 Å². The summed E-state index contributed by atoms with van der Waals surface area (Å²) < 4.78 is 8.45. The van der Waals surface area contributed by atoms with Crippen molar-refractivity contribution in [1.82, 2.24) is 4.90 Å². The number of para-hydroxylation sites is 1. The second-order valence-electron chi connectivity index (χ2n) is 10.5. The molecule has 0 bridgehead atoms. The second kappa shape index (κ2) is 13.0. The summed E-state index contributed by atoms with van der Waals surface area (Å²) in [7, 11) is 4.23. The van der Waals surface area contributed by atoms with Crippen LogP contribution in [0.4, 0.5) is 5.69 Å². The van der Waals surface area contributed by atoms with Gasteiger partial charge in [-0.05, 0) is 61.6 Å². The summed E-state index contributed by atoms with van der Waals surface area (Å²) >= 11 is 3.65. The third-order valence-corrected chi connectivity index (χ3v) is 8.69. The molecule has 6 heteroatoms. The van der Waals surface area contributed by atoms with Crippen molar-refractivity contribution in [3.05, 3.63) is 98.7 Å². The monoisotopic (exact) mass is 560 g/mol. The van der Waals surface area contributed by atoms with E-state index in [1.165, 1.54) is 55.4 Å². The Hall–Kier alpha value is -2.83. The van der Waals surface area contributed by atoms with Crippen molar-refractivity contribution in [2.75, 3.05) is 18.5 Å². The zero-order chi connectivity index (χ0) is 28.1. The number of rotatable bonds is 6. The van der Waals surface area contributed by atoms with Crippen molar-refractivity contribution < 1.29 is 8.98 Å². The number of fused-ring (bicyclic) bond motifs is 1. The fourth-order valence-electron chi connectivity index (χ4n) is 4.53. The van der Waals surface area contributed by atoms with Gasteiger partial charge in [-0.25, -0.2) is 0 Å². The molecule has 206 valence electrons. The first-order valence-electron chi connectivity index (χ1n) is 13.9. The third-order valence-electron chi connectivity index (χ3n) is 6.41. The Morgan fingerprint density at radius 2 is 1.82 bits per heavy atom. The smallest absolute Gasteiger partial charge is 0.376 e. The first-order valence-corrected chi connectivity index (χ1v) is 15.5. The van der Waals surface area contributed by atoms with Crippen molar-refractivity contribution in [1.29, 1.82) is 0 Å². The van der Waals surface area contributed by atoms with Gasteiger partial charge in [-0.2, -0.15) is 4.57 Å². The van der Waals surface area contributed by atoms with Crippen molar-refractivity contribution in [2.24, 2.45) is 13.0 Å². The first-order chi connectivity index (χ1) is 18.8. The predicted molar refractivity (Wildman–Crippen MR) is 170 cm³/mol. The summed E-state index contributed by atoms with van der Waals surface area (Å²) in [6.07, 6.45) is 16.1. The molecule has 4 nitrogen and oxygen atoms in total. The molecule has 1 aliphatic carbocycles. The molecule has 0 amide bonds. The number of hydrogen-bond donors (Lipinski definition) is 0. The average Bonchev–Trinajstić information content (AvgIpc) is 3.53. The molecule has 3 aliphatic rings. The number of nitrogens with zero attached hydrogens (tertiary/aromatic N) is 3. The van der Waals surface area contributed by atoms with E-state index in [0.717, 1.165) is 30.5 Å².